The Bertz CT molecular complexity index is 1250. The molecule has 0 aliphatic carbocycles. The molecule has 3 aromatic rings. The first-order chi connectivity index (χ1) is 14.4. The van der Waals surface area contributed by atoms with Crippen molar-refractivity contribution in [1.82, 2.24) is 23.5 Å². The zero-order valence-corrected chi connectivity index (χ0v) is 16.7. The smallest absolute Gasteiger partial charge is 0.276 e. The minimum Gasteiger partial charge on any atom is -0.503 e. The normalized spacial score (nSPS) is 20.3. The monoisotopic (exact) mass is 427 g/mol. The maximum Gasteiger partial charge on any atom is 0.276 e. The Kier molecular flexibility index (Phi) is 4.29. The van der Waals surface area contributed by atoms with Gasteiger partial charge in [-0.15, -0.1) is 0 Å². The number of aromatic nitrogens is 3. The van der Waals surface area contributed by atoms with E-state index in [0.717, 1.165) is 28.3 Å². The zero-order valence-electron chi connectivity index (χ0n) is 15.9. The highest BCUT2D eigenvalue weighted by atomic mass is 32.1. The van der Waals surface area contributed by atoms with E-state index in [1.54, 1.807) is 6.07 Å². The molecule has 2 aromatic heterocycles. The van der Waals surface area contributed by atoms with E-state index in [2.05, 4.69) is 14.1 Å². The number of ether oxygens (including phenoxy) is 1. The summed E-state index contributed by atoms with van der Waals surface area (Å²) in [5.41, 5.74) is 1.07. The molecule has 11 heteroatoms. The van der Waals surface area contributed by atoms with Crippen molar-refractivity contribution in [2.45, 2.75) is 32.3 Å². The second-order valence-electron chi connectivity index (χ2n) is 7.34. The molecule has 1 fully saturated rings. The number of pyridine rings is 1. The number of carbonyl (C=O) groups excluding carboxylic acids is 2. The Morgan fingerprint density at radius 1 is 1.33 bits per heavy atom. The van der Waals surface area contributed by atoms with Gasteiger partial charge in [-0.25, -0.2) is 0 Å². The summed E-state index contributed by atoms with van der Waals surface area (Å²) in [6.45, 7) is 2.61. The number of rotatable bonds is 3. The van der Waals surface area contributed by atoms with Gasteiger partial charge in [-0.2, -0.15) is 8.75 Å². The predicted octanol–water partition coefficient (Wildman–Crippen LogP) is 0.689. The van der Waals surface area contributed by atoms with Gasteiger partial charge in [0.05, 0.1) is 30.9 Å². The van der Waals surface area contributed by atoms with E-state index >= 15 is 0 Å². The van der Waals surface area contributed by atoms with E-state index in [-0.39, 0.29) is 30.4 Å². The molecule has 2 aliphatic heterocycles. The van der Waals surface area contributed by atoms with E-state index in [9.17, 15) is 19.5 Å². The topological polar surface area (TPSA) is 127 Å². The van der Waals surface area contributed by atoms with E-state index in [1.807, 2.05) is 19.1 Å². The number of nitrogens with zero attached hydrogens (tertiary/aromatic N) is 4. The van der Waals surface area contributed by atoms with Crippen LogP contribution in [0.15, 0.2) is 29.2 Å². The predicted molar refractivity (Wildman–Crippen MR) is 106 cm³/mol. The molecule has 0 radical (unpaired) electrons. The number of fused-ring (bicyclic) bond motifs is 3. The Morgan fingerprint density at radius 3 is 2.97 bits per heavy atom. The molecule has 0 saturated carbocycles. The second kappa shape index (κ2) is 6.89. The largest absolute Gasteiger partial charge is 0.503 e. The molecule has 30 heavy (non-hydrogen) atoms. The third-order valence-electron chi connectivity index (χ3n) is 5.38. The molecular weight excluding hydrogens is 410 g/mol. The molecule has 4 heterocycles. The molecule has 10 nitrogen and oxygen atoms in total. The number of hydrogen-bond acceptors (Lipinski definition) is 8. The van der Waals surface area contributed by atoms with Gasteiger partial charge in [0.1, 0.15) is 16.6 Å². The van der Waals surface area contributed by atoms with Crippen LogP contribution >= 0.6 is 11.7 Å². The number of hydrogen-bond donors (Lipinski definition) is 2. The molecule has 2 aliphatic rings. The van der Waals surface area contributed by atoms with Crippen LogP contribution in [0.5, 0.6) is 5.75 Å². The van der Waals surface area contributed by atoms with E-state index in [1.165, 1.54) is 15.7 Å². The van der Waals surface area contributed by atoms with Gasteiger partial charge in [0.15, 0.2) is 17.7 Å². The Labute approximate surface area is 174 Å². The summed E-state index contributed by atoms with van der Waals surface area (Å²) in [4.78, 5) is 39.6. The van der Waals surface area contributed by atoms with Crippen molar-refractivity contribution in [2.75, 3.05) is 6.61 Å². The van der Waals surface area contributed by atoms with Crippen molar-refractivity contribution < 1.29 is 19.4 Å². The lowest BCUT2D eigenvalue weighted by Gasteiger charge is -2.33. The minimum atomic E-state index is -0.877. The summed E-state index contributed by atoms with van der Waals surface area (Å²) >= 11 is 1.11. The average molecular weight is 427 g/mol. The van der Waals surface area contributed by atoms with Gasteiger partial charge < -0.3 is 24.6 Å². The molecule has 1 saturated heterocycles. The summed E-state index contributed by atoms with van der Waals surface area (Å²) in [5.74, 6) is -1.85. The third-order valence-corrected chi connectivity index (χ3v) is 5.93. The molecule has 2 N–H and O–H groups in total. The maximum atomic E-state index is 12.8. The Hall–Kier alpha value is -3.31. The van der Waals surface area contributed by atoms with Crippen LogP contribution in [0.25, 0.3) is 11.0 Å². The molecule has 2 amide bonds. The van der Waals surface area contributed by atoms with Gasteiger partial charge in [0, 0.05) is 12.7 Å². The zero-order chi connectivity index (χ0) is 21.0. The molecule has 0 bridgehead atoms. The van der Waals surface area contributed by atoms with Crippen LogP contribution in [0.1, 0.15) is 33.3 Å². The van der Waals surface area contributed by atoms with Crippen LogP contribution in [0.2, 0.25) is 0 Å². The highest BCUT2D eigenvalue weighted by Gasteiger charge is 2.42. The summed E-state index contributed by atoms with van der Waals surface area (Å²) in [6.07, 6.45) is 0.818. The van der Waals surface area contributed by atoms with Crippen LogP contribution in [0, 0.1) is 0 Å². The van der Waals surface area contributed by atoms with E-state index in [0.29, 0.717) is 6.61 Å². The fourth-order valence-electron chi connectivity index (χ4n) is 3.85. The fourth-order valence-corrected chi connectivity index (χ4v) is 4.37. The lowest BCUT2D eigenvalue weighted by Crippen LogP contribution is -2.49. The molecule has 0 spiro atoms. The minimum absolute atomic E-state index is 0.119. The van der Waals surface area contributed by atoms with E-state index in [4.69, 9.17) is 4.74 Å². The fraction of sp³-hybridized carbons (Fsp3) is 0.316. The lowest BCUT2D eigenvalue weighted by molar-refractivity contribution is 0.00624. The van der Waals surface area contributed by atoms with Crippen LogP contribution in [0.4, 0.5) is 0 Å². The third kappa shape index (κ3) is 2.85. The van der Waals surface area contributed by atoms with Crippen molar-refractivity contribution in [3.05, 3.63) is 51.4 Å². The van der Waals surface area contributed by atoms with Crippen molar-refractivity contribution >= 4 is 34.6 Å². The summed E-state index contributed by atoms with van der Waals surface area (Å²) in [6, 6.07) is 5.27. The molecule has 5 rings (SSSR count). The summed E-state index contributed by atoms with van der Waals surface area (Å²) in [5, 5.41) is 13.1. The maximum absolute atomic E-state index is 12.8. The van der Waals surface area contributed by atoms with Gasteiger partial charge in [-0.05, 0) is 24.6 Å². The molecular formula is C19H17N5O5S. The van der Waals surface area contributed by atoms with Gasteiger partial charge in [-0.3, -0.25) is 14.4 Å². The SMILES string of the molecule is C[C@H]1CO[C@@H]2Cn3cc(C(=O)NCc4ccc5nsnc5c4)c(=O)c(O)c3C(=O)N12. The van der Waals surface area contributed by atoms with Crippen molar-refractivity contribution in [3.8, 4) is 5.75 Å². The highest BCUT2D eigenvalue weighted by Crippen LogP contribution is 2.29. The van der Waals surface area contributed by atoms with Gasteiger partial charge >= 0.3 is 0 Å². The first-order valence-corrected chi connectivity index (χ1v) is 10.1. The summed E-state index contributed by atoms with van der Waals surface area (Å²) < 4.78 is 15.3. The highest BCUT2D eigenvalue weighted by molar-refractivity contribution is 7.00. The number of aromatic hydroxyl groups is 1. The first-order valence-electron chi connectivity index (χ1n) is 9.34. The number of nitrogens with one attached hydrogen (secondary N) is 1. The van der Waals surface area contributed by atoms with Crippen molar-refractivity contribution in [3.63, 3.8) is 0 Å². The summed E-state index contributed by atoms with van der Waals surface area (Å²) in [7, 11) is 0. The number of benzene rings is 1. The molecule has 2 atom stereocenters. The van der Waals surface area contributed by atoms with Gasteiger partial charge in [-0.1, -0.05) is 6.07 Å². The Balaban J connectivity index is 1.42. The van der Waals surface area contributed by atoms with Crippen LogP contribution in [-0.4, -0.2) is 54.0 Å². The molecule has 1 aromatic carbocycles. The van der Waals surface area contributed by atoms with Crippen LogP contribution in [0.3, 0.4) is 0 Å². The van der Waals surface area contributed by atoms with Crippen molar-refractivity contribution in [2.24, 2.45) is 0 Å². The average Bonchev–Trinajstić information content (AvgIpc) is 3.35. The van der Waals surface area contributed by atoms with Crippen LogP contribution in [-0.2, 0) is 17.8 Å². The van der Waals surface area contributed by atoms with Gasteiger partial charge in [0.25, 0.3) is 11.8 Å². The molecule has 154 valence electrons. The van der Waals surface area contributed by atoms with Crippen molar-refractivity contribution in [1.29, 1.82) is 0 Å². The van der Waals surface area contributed by atoms with E-state index < -0.39 is 29.2 Å². The van der Waals surface area contributed by atoms with Gasteiger partial charge in [0.2, 0.25) is 5.43 Å². The standard InChI is InChI=1S/C19H17N5O5S/c1-9-8-29-14-7-23-6-11(16(25)17(26)15(23)19(28)24(9)14)18(27)20-5-10-2-3-12-13(4-10)22-30-21-12/h2-4,6,9,14,26H,5,7-8H2,1H3,(H,20,27)/t9-,14+/m0/s1. The van der Waals surface area contributed by atoms with Crippen LogP contribution < -0.4 is 10.7 Å². The second-order valence-corrected chi connectivity index (χ2v) is 7.87. The number of carbonyl (C=O) groups is 2. The quantitative estimate of drug-likeness (QED) is 0.630. The molecule has 0 unspecified atom stereocenters. The first kappa shape index (κ1) is 18.7. The Morgan fingerprint density at radius 2 is 2.13 bits per heavy atom. The lowest BCUT2D eigenvalue weighted by atomic mass is 10.1. The number of amides is 2.